The third-order valence-electron chi connectivity index (χ3n) is 3.34. The Morgan fingerprint density at radius 3 is 2.64 bits per heavy atom. The van der Waals surface area contributed by atoms with E-state index in [1.54, 1.807) is 18.2 Å². The Morgan fingerprint density at radius 1 is 1.18 bits per heavy atom. The molecule has 2 aromatic rings. The minimum absolute atomic E-state index is 0.259. The molecular weight excluding hydrogens is 282 g/mol. The van der Waals surface area contributed by atoms with Gasteiger partial charge >= 0.3 is 0 Å². The van der Waals surface area contributed by atoms with Crippen molar-refractivity contribution in [3.05, 3.63) is 59.7 Å². The maximum atomic E-state index is 11.2. The highest BCUT2D eigenvalue weighted by atomic mass is 16.6. The lowest BCUT2D eigenvalue weighted by Gasteiger charge is -2.12. The molecule has 5 nitrogen and oxygen atoms in total. The fourth-order valence-electron chi connectivity index (χ4n) is 1.96. The average Bonchev–Trinajstić information content (AvgIpc) is 3.30. The summed E-state index contributed by atoms with van der Waals surface area (Å²) < 4.78 is 16.3. The highest BCUT2D eigenvalue weighted by Gasteiger charge is 2.41. The molecule has 114 valence electrons. The third-order valence-corrected chi connectivity index (χ3v) is 3.34. The van der Waals surface area contributed by atoms with E-state index in [9.17, 15) is 4.79 Å². The molecule has 1 fully saturated rings. The van der Waals surface area contributed by atoms with Crippen LogP contribution in [0.4, 0.5) is 0 Å². The highest BCUT2D eigenvalue weighted by molar-refractivity contribution is 5.80. The topological polar surface area (TPSA) is 74.1 Å². The molecule has 0 spiro atoms. The molecule has 1 aliphatic heterocycles. The Bertz CT molecular complexity index is 653. The van der Waals surface area contributed by atoms with Gasteiger partial charge in [-0.05, 0) is 23.8 Å². The summed E-state index contributed by atoms with van der Waals surface area (Å²) in [4.78, 5) is 11.2. The molecule has 5 heteroatoms. The van der Waals surface area contributed by atoms with Gasteiger partial charge in [-0.25, -0.2) is 0 Å². The van der Waals surface area contributed by atoms with Crippen LogP contribution in [-0.2, 0) is 11.3 Å². The van der Waals surface area contributed by atoms with E-state index in [0.29, 0.717) is 30.3 Å². The predicted octanol–water partition coefficient (Wildman–Crippen LogP) is 2.14. The Morgan fingerprint density at radius 2 is 1.95 bits per heavy atom. The van der Waals surface area contributed by atoms with E-state index in [-0.39, 0.29) is 6.61 Å². The molecule has 0 aliphatic carbocycles. The van der Waals surface area contributed by atoms with Gasteiger partial charge in [-0.15, -0.1) is 0 Å². The van der Waals surface area contributed by atoms with Crippen LogP contribution in [0.3, 0.4) is 0 Å². The van der Waals surface area contributed by atoms with Crippen LogP contribution >= 0.6 is 0 Å². The van der Waals surface area contributed by atoms with Crippen molar-refractivity contribution in [3.63, 3.8) is 0 Å². The van der Waals surface area contributed by atoms with Gasteiger partial charge in [0.15, 0.2) is 12.0 Å². The zero-order valence-corrected chi connectivity index (χ0v) is 12.0. The van der Waals surface area contributed by atoms with Gasteiger partial charge in [0.05, 0.1) is 12.2 Å². The molecule has 1 atom stereocenters. The standard InChI is InChI=1S/C17H17NO4/c18-17(12-22-17)11-21-15-6-7-16(14(8-15)9-19)20-10-13-4-2-1-3-5-13/h1-9H,10-12,18H2/t17-/m0/s1. The number of carbonyl (C=O) groups is 1. The van der Waals surface area contributed by atoms with Crippen molar-refractivity contribution in [2.75, 3.05) is 13.2 Å². The number of hydrogen-bond acceptors (Lipinski definition) is 5. The monoisotopic (exact) mass is 299 g/mol. The second kappa shape index (κ2) is 6.17. The largest absolute Gasteiger partial charge is 0.489 e. The smallest absolute Gasteiger partial charge is 0.174 e. The van der Waals surface area contributed by atoms with Gasteiger partial charge < -0.3 is 14.2 Å². The molecule has 3 rings (SSSR count). The van der Waals surface area contributed by atoms with Crippen molar-refractivity contribution < 1.29 is 19.0 Å². The minimum Gasteiger partial charge on any atom is -0.489 e. The van der Waals surface area contributed by atoms with Crippen LogP contribution < -0.4 is 15.2 Å². The molecule has 1 aliphatic rings. The summed E-state index contributed by atoms with van der Waals surface area (Å²) in [6.45, 7) is 1.16. The second-order valence-electron chi connectivity index (χ2n) is 5.23. The maximum Gasteiger partial charge on any atom is 0.174 e. The molecule has 1 heterocycles. The van der Waals surface area contributed by atoms with Crippen LogP contribution in [0.15, 0.2) is 48.5 Å². The highest BCUT2D eigenvalue weighted by Crippen LogP contribution is 2.26. The fourth-order valence-corrected chi connectivity index (χ4v) is 1.96. The van der Waals surface area contributed by atoms with E-state index >= 15 is 0 Å². The summed E-state index contributed by atoms with van der Waals surface area (Å²) in [6, 6.07) is 14.9. The predicted molar refractivity (Wildman–Crippen MR) is 81.0 cm³/mol. The Hall–Kier alpha value is -2.37. The molecule has 2 N–H and O–H groups in total. The van der Waals surface area contributed by atoms with Crippen LogP contribution in [0.2, 0.25) is 0 Å². The van der Waals surface area contributed by atoms with Gasteiger partial charge in [-0.3, -0.25) is 10.5 Å². The minimum atomic E-state index is -0.677. The number of carbonyl (C=O) groups excluding carboxylic acids is 1. The lowest BCUT2D eigenvalue weighted by molar-refractivity contribution is 0.111. The van der Waals surface area contributed by atoms with Gasteiger partial charge in [0.25, 0.3) is 0 Å². The van der Waals surface area contributed by atoms with E-state index < -0.39 is 5.72 Å². The molecule has 0 unspecified atom stereocenters. The first-order valence-corrected chi connectivity index (χ1v) is 7.00. The lowest BCUT2D eigenvalue weighted by atomic mass is 10.2. The first-order valence-electron chi connectivity index (χ1n) is 7.00. The van der Waals surface area contributed by atoms with E-state index in [2.05, 4.69) is 0 Å². The first-order chi connectivity index (χ1) is 10.7. The summed E-state index contributed by atoms with van der Waals surface area (Å²) in [5.74, 6) is 1.09. The number of epoxide rings is 1. The fraction of sp³-hybridized carbons (Fsp3) is 0.235. The van der Waals surface area contributed by atoms with Crippen molar-refractivity contribution in [2.24, 2.45) is 5.73 Å². The molecule has 0 aromatic heterocycles. The Balaban J connectivity index is 1.64. The van der Waals surface area contributed by atoms with Crippen LogP contribution in [0.25, 0.3) is 0 Å². The number of ether oxygens (including phenoxy) is 3. The van der Waals surface area contributed by atoms with Crippen molar-refractivity contribution in [2.45, 2.75) is 12.3 Å². The van der Waals surface area contributed by atoms with E-state index in [0.717, 1.165) is 11.8 Å². The zero-order valence-electron chi connectivity index (χ0n) is 12.0. The van der Waals surface area contributed by atoms with Crippen molar-refractivity contribution >= 4 is 6.29 Å². The van der Waals surface area contributed by atoms with Crippen LogP contribution in [0.1, 0.15) is 15.9 Å². The number of rotatable bonds is 7. The molecule has 0 bridgehead atoms. The van der Waals surface area contributed by atoms with Gasteiger partial charge in [0, 0.05) is 0 Å². The number of hydrogen-bond donors (Lipinski definition) is 1. The van der Waals surface area contributed by atoms with Crippen LogP contribution in [0, 0.1) is 0 Å². The van der Waals surface area contributed by atoms with E-state index in [1.807, 2.05) is 30.3 Å². The van der Waals surface area contributed by atoms with E-state index in [4.69, 9.17) is 19.9 Å². The number of benzene rings is 2. The molecule has 2 aromatic carbocycles. The summed E-state index contributed by atoms with van der Waals surface area (Å²) in [5, 5.41) is 0. The summed E-state index contributed by atoms with van der Waals surface area (Å²) in [6.07, 6.45) is 0.749. The molecule has 0 saturated carbocycles. The normalized spacial score (nSPS) is 19.5. The lowest BCUT2D eigenvalue weighted by Crippen LogP contribution is -2.31. The Labute approximate surface area is 128 Å². The van der Waals surface area contributed by atoms with Gasteiger partial charge in [-0.2, -0.15) is 0 Å². The van der Waals surface area contributed by atoms with Gasteiger partial charge in [0.2, 0.25) is 0 Å². The van der Waals surface area contributed by atoms with Crippen molar-refractivity contribution in [1.29, 1.82) is 0 Å². The molecule has 1 saturated heterocycles. The van der Waals surface area contributed by atoms with Crippen LogP contribution in [0.5, 0.6) is 11.5 Å². The molecule has 0 radical (unpaired) electrons. The zero-order chi connectivity index (χ0) is 15.4. The van der Waals surface area contributed by atoms with Gasteiger partial charge in [-0.1, -0.05) is 30.3 Å². The molecule has 0 amide bonds. The third kappa shape index (κ3) is 3.63. The van der Waals surface area contributed by atoms with Gasteiger partial charge in [0.1, 0.15) is 24.7 Å². The average molecular weight is 299 g/mol. The maximum absolute atomic E-state index is 11.2. The quantitative estimate of drug-likeness (QED) is 0.626. The number of nitrogens with two attached hydrogens (primary N) is 1. The summed E-state index contributed by atoms with van der Waals surface area (Å²) in [5.41, 5.74) is 6.57. The van der Waals surface area contributed by atoms with Crippen molar-refractivity contribution in [1.82, 2.24) is 0 Å². The summed E-state index contributed by atoms with van der Waals surface area (Å²) in [7, 11) is 0. The molecular formula is C17H17NO4. The number of aldehydes is 1. The Kier molecular flexibility index (Phi) is 4.09. The first kappa shape index (κ1) is 14.6. The molecule has 22 heavy (non-hydrogen) atoms. The SMILES string of the molecule is N[C@]1(COc2ccc(OCc3ccccc3)c(C=O)c2)CO1. The van der Waals surface area contributed by atoms with Crippen molar-refractivity contribution in [3.8, 4) is 11.5 Å². The summed E-state index contributed by atoms with van der Waals surface area (Å²) >= 11 is 0. The second-order valence-corrected chi connectivity index (χ2v) is 5.23. The van der Waals surface area contributed by atoms with Crippen LogP contribution in [-0.4, -0.2) is 25.2 Å². The van der Waals surface area contributed by atoms with E-state index in [1.165, 1.54) is 0 Å².